The molecule has 0 unspecified atom stereocenters. The quantitative estimate of drug-likeness (QED) is 0.392. The van der Waals surface area contributed by atoms with Crippen LogP contribution in [0.3, 0.4) is 0 Å². The van der Waals surface area contributed by atoms with E-state index in [1.807, 2.05) is 6.07 Å². The van der Waals surface area contributed by atoms with Crippen molar-refractivity contribution in [2.24, 2.45) is 18.7 Å². The minimum atomic E-state index is -0.902. The van der Waals surface area contributed by atoms with Crippen molar-refractivity contribution in [3.05, 3.63) is 78.3 Å². The van der Waals surface area contributed by atoms with Gasteiger partial charge in [-0.1, -0.05) is 6.92 Å². The topological polar surface area (TPSA) is 84.9 Å². The Morgan fingerprint density at radius 1 is 1.03 bits per heavy atom. The van der Waals surface area contributed by atoms with Gasteiger partial charge in [-0.2, -0.15) is 5.10 Å². The summed E-state index contributed by atoms with van der Waals surface area (Å²) >= 11 is 0. The Morgan fingerprint density at radius 3 is 2.51 bits per heavy atom. The zero-order chi connectivity index (χ0) is 26.1. The Bertz CT molecular complexity index is 1390. The maximum atomic E-state index is 15.1. The molecule has 1 fully saturated rings. The number of nitrogens with one attached hydrogen (secondary N) is 1. The fourth-order valence-electron chi connectivity index (χ4n) is 4.87. The van der Waals surface area contributed by atoms with Crippen LogP contribution in [0.25, 0.3) is 22.4 Å². The molecule has 10 heteroatoms. The number of nitrogens with two attached hydrogens (primary N) is 1. The molecule has 192 valence electrons. The van der Waals surface area contributed by atoms with Crippen molar-refractivity contribution in [2.75, 3.05) is 23.3 Å². The minimum Gasteiger partial charge on any atom is -0.376 e. The Balaban J connectivity index is 1.40. The second-order valence-electron chi connectivity index (χ2n) is 9.60. The number of halogens is 3. The second-order valence-corrected chi connectivity index (χ2v) is 9.60. The molecule has 1 aliphatic heterocycles. The predicted molar refractivity (Wildman–Crippen MR) is 137 cm³/mol. The first-order chi connectivity index (χ1) is 17.8. The predicted octanol–water partition coefficient (Wildman–Crippen LogP) is 4.75. The van der Waals surface area contributed by atoms with Gasteiger partial charge < -0.3 is 16.0 Å². The van der Waals surface area contributed by atoms with E-state index in [9.17, 15) is 4.39 Å². The van der Waals surface area contributed by atoms with Crippen LogP contribution in [0.15, 0.2) is 55.1 Å². The van der Waals surface area contributed by atoms with Crippen molar-refractivity contribution >= 4 is 11.4 Å². The van der Waals surface area contributed by atoms with Gasteiger partial charge in [0.2, 0.25) is 0 Å². The molecule has 0 spiro atoms. The van der Waals surface area contributed by atoms with Gasteiger partial charge in [-0.05, 0) is 48.2 Å². The van der Waals surface area contributed by atoms with Crippen LogP contribution in [0.4, 0.5) is 24.5 Å². The lowest BCUT2D eigenvalue weighted by atomic mass is 9.96. The number of benzene rings is 1. The second kappa shape index (κ2) is 10.2. The highest BCUT2D eigenvalue weighted by Crippen LogP contribution is 2.32. The zero-order valence-corrected chi connectivity index (χ0v) is 20.6. The summed E-state index contributed by atoms with van der Waals surface area (Å²) in [5.74, 6) is -2.16. The molecule has 1 saturated heterocycles. The number of pyridine rings is 2. The standard InChI is InChI=1S/C27H28F3N7/c1-16-7-19(31)15-37(13-16)25-5-6-32-12-24(25)33-11-20-3-4-21(28)27(35-20)26-22(29)8-17(9-23(26)30)18-10-34-36(2)14-18/h3-6,8-10,12,14,16,19,33H,7,11,13,15,31H2,1-2H3/t16-,19+/m1/s1. The molecular formula is C27H28F3N7. The van der Waals surface area contributed by atoms with Gasteiger partial charge in [0, 0.05) is 44.1 Å². The van der Waals surface area contributed by atoms with Gasteiger partial charge in [-0.15, -0.1) is 0 Å². The molecule has 3 N–H and O–H groups in total. The summed E-state index contributed by atoms with van der Waals surface area (Å²) in [6.07, 6.45) is 7.55. The maximum absolute atomic E-state index is 15.1. The van der Waals surface area contributed by atoms with E-state index in [-0.39, 0.29) is 18.3 Å². The van der Waals surface area contributed by atoms with Crippen molar-refractivity contribution in [3.8, 4) is 22.4 Å². The van der Waals surface area contributed by atoms with E-state index >= 15 is 8.78 Å². The van der Waals surface area contributed by atoms with Crippen LogP contribution in [0.1, 0.15) is 19.0 Å². The molecule has 0 saturated carbocycles. The number of anilines is 2. The molecule has 37 heavy (non-hydrogen) atoms. The summed E-state index contributed by atoms with van der Waals surface area (Å²) < 4.78 is 46.4. The van der Waals surface area contributed by atoms with Crippen LogP contribution >= 0.6 is 0 Å². The van der Waals surface area contributed by atoms with Crippen LogP contribution in [0, 0.1) is 23.4 Å². The molecule has 4 heterocycles. The third-order valence-electron chi connectivity index (χ3n) is 6.51. The van der Waals surface area contributed by atoms with Crippen LogP contribution < -0.4 is 16.0 Å². The first-order valence-corrected chi connectivity index (χ1v) is 12.1. The van der Waals surface area contributed by atoms with E-state index in [1.165, 1.54) is 23.0 Å². The molecule has 0 bridgehead atoms. The molecule has 0 aliphatic carbocycles. The van der Waals surface area contributed by atoms with Gasteiger partial charge in [-0.25, -0.2) is 18.2 Å². The molecule has 0 amide bonds. The fourth-order valence-corrected chi connectivity index (χ4v) is 4.87. The van der Waals surface area contributed by atoms with E-state index in [0.29, 0.717) is 22.7 Å². The summed E-state index contributed by atoms with van der Waals surface area (Å²) in [7, 11) is 1.71. The molecular weight excluding hydrogens is 479 g/mol. The third kappa shape index (κ3) is 5.29. The Kier molecular flexibility index (Phi) is 6.84. The average molecular weight is 508 g/mol. The number of rotatable bonds is 6. The van der Waals surface area contributed by atoms with Crippen LogP contribution in [0.5, 0.6) is 0 Å². The molecule has 3 aromatic heterocycles. The maximum Gasteiger partial charge on any atom is 0.149 e. The number of piperidine rings is 1. The number of aryl methyl sites for hydroxylation is 1. The molecule has 1 aromatic carbocycles. The van der Waals surface area contributed by atoms with E-state index in [1.54, 1.807) is 25.6 Å². The van der Waals surface area contributed by atoms with Crippen molar-refractivity contribution in [3.63, 3.8) is 0 Å². The van der Waals surface area contributed by atoms with Crippen molar-refractivity contribution in [2.45, 2.75) is 25.9 Å². The summed E-state index contributed by atoms with van der Waals surface area (Å²) in [6.45, 7) is 3.98. The number of hydrogen-bond acceptors (Lipinski definition) is 6. The Morgan fingerprint density at radius 2 is 1.81 bits per heavy atom. The lowest BCUT2D eigenvalue weighted by Gasteiger charge is -2.37. The monoisotopic (exact) mass is 507 g/mol. The Hall–Kier alpha value is -3.92. The van der Waals surface area contributed by atoms with E-state index in [2.05, 4.69) is 32.2 Å². The first kappa shape index (κ1) is 24.8. The minimum absolute atomic E-state index is 0.0837. The summed E-state index contributed by atoms with van der Waals surface area (Å²) in [5.41, 5.74) is 8.36. The summed E-state index contributed by atoms with van der Waals surface area (Å²) in [5, 5.41) is 7.32. The molecule has 2 atom stereocenters. The van der Waals surface area contributed by atoms with Gasteiger partial charge in [0.15, 0.2) is 0 Å². The van der Waals surface area contributed by atoms with E-state index in [4.69, 9.17) is 5.73 Å². The third-order valence-corrected chi connectivity index (χ3v) is 6.51. The highest BCUT2D eigenvalue weighted by atomic mass is 19.1. The van der Waals surface area contributed by atoms with Crippen molar-refractivity contribution < 1.29 is 13.2 Å². The largest absolute Gasteiger partial charge is 0.376 e. The zero-order valence-electron chi connectivity index (χ0n) is 20.6. The van der Waals surface area contributed by atoms with E-state index in [0.717, 1.165) is 43.0 Å². The smallest absolute Gasteiger partial charge is 0.149 e. The molecule has 0 radical (unpaired) electrons. The van der Waals surface area contributed by atoms with Crippen LogP contribution in [-0.4, -0.2) is 38.9 Å². The lowest BCUT2D eigenvalue weighted by Crippen LogP contribution is -2.46. The lowest BCUT2D eigenvalue weighted by molar-refractivity contribution is 0.402. The normalized spacial score (nSPS) is 17.7. The van der Waals surface area contributed by atoms with Gasteiger partial charge in [0.25, 0.3) is 0 Å². The van der Waals surface area contributed by atoms with Crippen molar-refractivity contribution in [1.82, 2.24) is 19.7 Å². The number of nitrogens with zero attached hydrogens (tertiary/aromatic N) is 5. The number of aromatic nitrogens is 4. The first-order valence-electron chi connectivity index (χ1n) is 12.1. The van der Waals surface area contributed by atoms with Crippen LogP contribution in [0.2, 0.25) is 0 Å². The van der Waals surface area contributed by atoms with E-state index < -0.39 is 23.0 Å². The number of hydrogen-bond donors (Lipinski definition) is 2. The fraction of sp³-hybridized carbons (Fsp3) is 0.296. The molecule has 5 rings (SSSR count). The molecule has 7 nitrogen and oxygen atoms in total. The van der Waals surface area contributed by atoms with Gasteiger partial charge in [0.1, 0.15) is 23.1 Å². The summed E-state index contributed by atoms with van der Waals surface area (Å²) in [6, 6.07) is 6.98. The van der Waals surface area contributed by atoms with Crippen molar-refractivity contribution in [1.29, 1.82) is 0 Å². The van der Waals surface area contributed by atoms with Gasteiger partial charge in [-0.3, -0.25) is 9.67 Å². The molecule has 4 aromatic rings. The Labute approximate surface area is 213 Å². The highest BCUT2D eigenvalue weighted by Gasteiger charge is 2.24. The average Bonchev–Trinajstić information content (AvgIpc) is 3.30. The highest BCUT2D eigenvalue weighted by molar-refractivity contribution is 5.71. The SMILES string of the molecule is C[C@@H]1C[C@H](N)CN(c2ccncc2NCc2ccc(F)c(-c3c(F)cc(-c4cnn(C)c4)cc3F)n2)C1. The van der Waals surface area contributed by atoms with Crippen LogP contribution in [-0.2, 0) is 13.6 Å². The summed E-state index contributed by atoms with van der Waals surface area (Å²) in [4.78, 5) is 10.7. The van der Waals surface area contributed by atoms with Gasteiger partial charge >= 0.3 is 0 Å². The molecule has 1 aliphatic rings. The van der Waals surface area contributed by atoms with Gasteiger partial charge in [0.05, 0.1) is 41.6 Å².